The fourth-order valence-corrected chi connectivity index (χ4v) is 4.07. The molecule has 0 saturated heterocycles. The van der Waals surface area contributed by atoms with Gasteiger partial charge >= 0.3 is 0 Å². The summed E-state index contributed by atoms with van der Waals surface area (Å²) in [6.07, 6.45) is 0.764. The third-order valence-corrected chi connectivity index (χ3v) is 5.92. The van der Waals surface area contributed by atoms with Crippen LogP contribution in [0.1, 0.15) is 22.6 Å². The van der Waals surface area contributed by atoms with Gasteiger partial charge in [0.1, 0.15) is 17.3 Å². The zero-order valence-electron chi connectivity index (χ0n) is 21.4. The van der Waals surface area contributed by atoms with E-state index in [0.29, 0.717) is 36.0 Å². The van der Waals surface area contributed by atoms with Crippen molar-refractivity contribution < 1.29 is 28.5 Å². The SMILES string of the molecule is COc1ccc(OCCCn2c(CNC(=O)c3cc(OC)c(OC)c(OC)c3)nc3ccccc32)cc1. The summed E-state index contributed by atoms with van der Waals surface area (Å²) in [6.45, 7) is 1.48. The van der Waals surface area contributed by atoms with E-state index in [2.05, 4.69) is 9.88 Å². The highest BCUT2D eigenvalue weighted by Crippen LogP contribution is 2.38. The van der Waals surface area contributed by atoms with Gasteiger partial charge in [0.25, 0.3) is 5.91 Å². The molecule has 0 bridgehead atoms. The van der Waals surface area contributed by atoms with Crippen LogP contribution in [0.15, 0.2) is 60.7 Å². The molecule has 0 radical (unpaired) electrons. The van der Waals surface area contributed by atoms with Crippen LogP contribution in [-0.2, 0) is 13.1 Å². The van der Waals surface area contributed by atoms with E-state index in [0.717, 1.165) is 34.8 Å². The second kappa shape index (κ2) is 12.0. The number of imidazole rings is 1. The van der Waals surface area contributed by atoms with Crippen molar-refractivity contribution in [1.29, 1.82) is 0 Å². The summed E-state index contributed by atoms with van der Waals surface area (Å²) in [4.78, 5) is 17.8. The molecule has 9 heteroatoms. The van der Waals surface area contributed by atoms with Gasteiger partial charge in [0.15, 0.2) is 11.5 Å². The van der Waals surface area contributed by atoms with Crippen LogP contribution >= 0.6 is 0 Å². The van der Waals surface area contributed by atoms with E-state index in [4.69, 9.17) is 28.7 Å². The summed E-state index contributed by atoms with van der Waals surface area (Å²) >= 11 is 0. The second-order valence-corrected chi connectivity index (χ2v) is 8.14. The molecule has 3 aromatic carbocycles. The number of benzene rings is 3. The fraction of sp³-hybridized carbons (Fsp3) is 0.286. The molecule has 0 unspecified atom stereocenters. The van der Waals surface area contributed by atoms with Gasteiger partial charge in [-0.2, -0.15) is 0 Å². The van der Waals surface area contributed by atoms with E-state index in [1.165, 1.54) is 21.3 Å². The topological polar surface area (TPSA) is 93.1 Å². The highest BCUT2D eigenvalue weighted by molar-refractivity contribution is 5.95. The monoisotopic (exact) mass is 505 g/mol. The van der Waals surface area contributed by atoms with Crippen LogP contribution in [0.5, 0.6) is 28.7 Å². The molecule has 0 spiro atoms. The van der Waals surface area contributed by atoms with Crippen LogP contribution < -0.4 is 29.0 Å². The average Bonchev–Trinajstić information content (AvgIpc) is 3.30. The van der Waals surface area contributed by atoms with Crippen molar-refractivity contribution in [1.82, 2.24) is 14.9 Å². The normalized spacial score (nSPS) is 10.7. The Kier molecular flexibility index (Phi) is 8.35. The largest absolute Gasteiger partial charge is 0.497 e. The van der Waals surface area contributed by atoms with E-state index in [1.807, 2.05) is 48.5 Å². The van der Waals surface area contributed by atoms with Gasteiger partial charge in [0, 0.05) is 12.1 Å². The molecule has 0 aliphatic heterocycles. The van der Waals surface area contributed by atoms with Gasteiger partial charge in [-0.3, -0.25) is 4.79 Å². The lowest BCUT2D eigenvalue weighted by Crippen LogP contribution is -2.25. The Bertz CT molecular complexity index is 1330. The van der Waals surface area contributed by atoms with Crippen LogP contribution in [0.25, 0.3) is 11.0 Å². The van der Waals surface area contributed by atoms with E-state index in [9.17, 15) is 4.79 Å². The van der Waals surface area contributed by atoms with Gasteiger partial charge in [-0.1, -0.05) is 12.1 Å². The van der Waals surface area contributed by atoms with Crippen LogP contribution in [0, 0.1) is 0 Å². The number of hydrogen-bond acceptors (Lipinski definition) is 7. The van der Waals surface area contributed by atoms with E-state index in [1.54, 1.807) is 19.2 Å². The number of carbonyl (C=O) groups is 1. The highest BCUT2D eigenvalue weighted by atomic mass is 16.5. The van der Waals surface area contributed by atoms with Crippen LogP contribution in [0.2, 0.25) is 0 Å². The first-order valence-corrected chi connectivity index (χ1v) is 11.9. The molecular weight excluding hydrogens is 474 g/mol. The molecule has 37 heavy (non-hydrogen) atoms. The third kappa shape index (κ3) is 5.88. The number of para-hydroxylation sites is 2. The predicted molar refractivity (Wildman–Crippen MR) is 140 cm³/mol. The minimum atomic E-state index is -0.277. The minimum Gasteiger partial charge on any atom is -0.497 e. The minimum absolute atomic E-state index is 0.253. The van der Waals surface area contributed by atoms with Gasteiger partial charge in [-0.05, 0) is 55.0 Å². The first kappa shape index (κ1) is 25.7. The first-order chi connectivity index (χ1) is 18.1. The zero-order valence-corrected chi connectivity index (χ0v) is 21.4. The van der Waals surface area contributed by atoms with Crippen molar-refractivity contribution in [3.8, 4) is 28.7 Å². The van der Waals surface area contributed by atoms with Crippen molar-refractivity contribution in [3.05, 3.63) is 72.1 Å². The molecule has 0 aliphatic rings. The molecule has 194 valence electrons. The van der Waals surface area contributed by atoms with Crippen molar-refractivity contribution in [2.75, 3.05) is 35.0 Å². The van der Waals surface area contributed by atoms with Gasteiger partial charge in [0.2, 0.25) is 5.75 Å². The number of aromatic nitrogens is 2. The number of amides is 1. The maximum absolute atomic E-state index is 13.0. The Morgan fingerprint density at radius 2 is 1.54 bits per heavy atom. The van der Waals surface area contributed by atoms with Crippen LogP contribution in [0.4, 0.5) is 0 Å². The maximum atomic E-state index is 13.0. The lowest BCUT2D eigenvalue weighted by atomic mass is 10.1. The number of carbonyl (C=O) groups excluding carboxylic acids is 1. The summed E-state index contributed by atoms with van der Waals surface area (Å²) in [6, 6.07) is 18.7. The van der Waals surface area contributed by atoms with Gasteiger partial charge in [0.05, 0.1) is 52.6 Å². The highest BCUT2D eigenvalue weighted by Gasteiger charge is 2.18. The Morgan fingerprint density at radius 3 is 2.19 bits per heavy atom. The molecule has 0 atom stereocenters. The first-order valence-electron chi connectivity index (χ1n) is 11.9. The quantitative estimate of drug-likeness (QED) is 0.284. The number of fused-ring (bicyclic) bond motifs is 1. The number of aryl methyl sites for hydroxylation is 1. The number of nitrogens with one attached hydrogen (secondary N) is 1. The lowest BCUT2D eigenvalue weighted by Gasteiger charge is -2.14. The number of rotatable bonds is 12. The van der Waals surface area contributed by atoms with Gasteiger partial charge < -0.3 is 33.6 Å². The molecule has 0 fully saturated rings. The zero-order chi connectivity index (χ0) is 26.2. The Balaban J connectivity index is 1.45. The summed E-state index contributed by atoms with van der Waals surface area (Å²) in [5, 5.41) is 2.97. The van der Waals surface area contributed by atoms with Crippen molar-refractivity contribution in [3.63, 3.8) is 0 Å². The Labute approximate surface area is 215 Å². The average molecular weight is 506 g/mol. The maximum Gasteiger partial charge on any atom is 0.251 e. The molecule has 4 aromatic rings. The van der Waals surface area contributed by atoms with Crippen LogP contribution in [-0.4, -0.2) is 50.5 Å². The van der Waals surface area contributed by atoms with E-state index >= 15 is 0 Å². The molecule has 1 heterocycles. The van der Waals surface area contributed by atoms with E-state index in [-0.39, 0.29) is 12.5 Å². The standard InChI is InChI=1S/C28H31N3O6/c1-33-20-10-12-21(13-11-20)37-15-7-14-31-23-9-6-5-8-22(23)30-26(31)18-29-28(32)19-16-24(34-2)27(36-4)25(17-19)35-3/h5-6,8-13,16-17H,7,14-15,18H2,1-4H3,(H,29,32). The number of methoxy groups -OCH3 is 4. The molecule has 0 saturated carbocycles. The van der Waals surface area contributed by atoms with Crippen molar-refractivity contribution in [2.24, 2.45) is 0 Å². The molecule has 9 nitrogen and oxygen atoms in total. The summed E-state index contributed by atoms with van der Waals surface area (Å²) in [7, 11) is 6.18. The van der Waals surface area contributed by atoms with E-state index < -0.39 is 0 Å². The smallest absolute Gasteiger partial charge is 0.251 e. The molecule has 0 aliphatic carbocycles. The van der Waals surface area contributed by atoms with Crippen LogP contribution in [0.3, 0.4) is 0 Å². The third-order valence-electron chi connectivity index (χ3n) is 5.92. The molecular formula is C28H31N3O6. The molecule has 1 N–H and O–H groups in total. The Hall–Kier alpha value is -4.40. The van der Waals surface area contributed by atoms with Gasteiger partial charge in [-0.25, -0.2) is 4.98 Å². The lowest BCUT2D eigenvalue weighted by molar-refractivity contribution is 0.0948. The Morgan fingerprint density at radius 1 is 0.865 bits per heavy atom. The van der Waals surface area contributed by atoms with Crippen molar-refractivity contribution >= 4 is 16.9 Å². The van der Waals surface area contributed by atoms with Gasteiger partial charge in [-0.15, -0.1) is 0 Å². The van der Waals surface area contributed by atoms with Crippen molar-refractivity contribution in [2.45, 2.75) is 19.5 Å². The summed E-state index contributed by atoms with van der Waals surface area (Å²) in [5.41, 5.74) is 2.27. The number of ether oxygens (including phenoxy) is 5. The molecule has 4 rings (SSSR count). The summed E-state index contributed by atoms with van der Waals surface area (Å²) in [5.74, 6) is 3.31. The molecule has 1 amide bonds. The summed E-state index contributed by atoms with van der Waals surface area (Å²) < 4.78 is 29.3. The number of hydrogen-bond donors (Lipinski definition) is 1. The molecule has 1 aromatic heterocycles. The fourth-order valence-electron chi connectivity index (χ4n) is 4.07. The predicted octanol–water partition coefficient (Wildman–Crippen LogP) is 4.47. The number of nitrogens with zero attached hydrogens (tertiary/aromatic N) is 2. The second-order valence-electron chi connectivity index (χ2n) is 8.14.